The van der Waals surface area contributed by atoms with Crippen LogP contribution >= 0.6 is 11.3 Å². The van der Waals surface area contributed by atoms with Crippen molar-refractivity contribution in [3.05, 3.63) is 47.2 Å². The Morgan fingerprint density at radius 3 is 2.63 bits per heavy atom. The number of Topliss-reactive ketones (excluding diaryl/α,β-unsaturated/α-hetero) is 1. The van der Waals surface area contributed by atoms with Gasteiger partial charge < -0.3 is 4.52 Å². The van der Waals surface area contributed by atoms with E-state index in [0.29, 0.717) is 34.4 Å². The van der Waals surface area contributed by atoms with Crippen molar-refractivity contribution in [1.29, 1.82) is 0 Å². The van der Waals surface area contributed by atoms with E-state index in [1.807, 2.05) is 0 Å². The van der Waals surface area contributed by atoms with Crippen LogP contribution in [0, 0.1) is 0 Å². The lowest BCUT2D eigenvalue weighted by Crippen LogP contribution is -2.11. The Morgan fingerprint density at radius 1 is 1.26 bits per heavy atom. The third-order valence-corrected chi connectivity index (χ3v) is 7.36. The van der Waals surface area contributed by atoms with Gasteiger partial charge in [-0.15, -0.1) is 11.3 Å². The highest BCUT2D eigenvalue weighted by Gasteiger charge is 2.26. The molecule has 27 heavy (non-hydrogen) atoms. The molecule has 0 amide bonds. The topological polar surface area (TPSA) is 102 Å². The van der Waals surface area contributed by atoms with Crippen LogP contribution in [0.25, 0.3) is 11.4 Å². The maximum atomic E-state index is 12.6. The van der Waals surface area contributed by atoms with Crippen LogP contribution in [0.15, 0.2) is 44.4 Å². The van der Waals surface area contributed by atoms with E-state index in [1.54, 1.807) is 29.6 Å². The fraction of sp³-hybridized carbons (Fsp3) is 0.278. The van der Waals surface area contributed by atoms with Gasteiger partial charge in [0.15, 0.2) is 5.78 Å². The van der Waals surface area contributed by atoms with Crippen LogP contribution in [0.4, 0.5) is 5.69 Å². The normalized spacial score (nSPS) is 14.7. The SMILES string of the molecule is CC(=O)c1ccc(NS(=O)(=O)c2cc(-c3noc(C4CCC4)n3)cs2)cc1. The highest BCUT2D eigenvalue weighted by Crippen LogP contribution is 2.36. The summed E-state index contributed by atoms with van der Waals surface area (Å²) in [5, 5.41) is 5.67. The standard InChI is InChI=1S/C18H17N3O4S2/c1-11(22)12-5-7-15(8-6-12)21-27(23,24)16-9-14(10-26-16)17-19-18(25-20-17)13-3-2-4-13/h5-10,13,21H,2-4H2,1H3. The van der Waals surface area contributed by atoms with Gasteiger partial charge >= 0.3 is 0 Å². The molecule has 0 bridgehead atoms. The summed E-state index contributed by atoms with van der Waals surface area (Å²) in [5.74, 6) is 1.28. The van der Waals surface area contributed by atoms with E-state index in [9.17, 15) is 13.2 Å². The largest absolute Gasteiger partial charge is 0.339 e. The number of ketones is 1. The fourth-order valence-electron chi connectivity index (χ4n) is 2.73. The van der Waals surface area contributed by atoms with Gasteiger partial charge in [0.2, 0.25) is 11.7 Å². The summed E-state index contributed by atoms with van der Waals surface area (Å²) in [6, 6.07) is 7.83. The van der Waals surface area contributed by atoms with E-state index in [2.05, 4.69) is 14.9 Å². The van der Waals surface area contributed by atoms with Gasteiger partial charge in [0.25, 0.3) is 10.0 Å². The Hall–Kier alpha value is -2.52. The number of sulfonamides is 1. The summed E-state index contributed by atoms with van der Waals surface area (Å²) in [5.41, 5.74) is 1.53. The number of hydrogen-bond donors (Lipinski definition) is 1. The molecule has 0 spiro atoms. The second-order valence-corrected chi connectivity index (χ2v) is 9.30. The molecule has 0 aliphatic heterocycles. The number of nitrogens with one attached hydrogen (secondary N) is 1. The minimum absolute atomic E-state index is 0.0753. The van der Waals surface area contributed by atoms with Crippen LogP contribution in [-0.4, -0.2) is 24.3 Å². The zero-order valence-electron chi connectivity index (χ0n) is 14.5. The van der Waals surface area contributed by atoms with Crippen molar-refractivity contribution in [1.82, 2.24) is 10.1 Å². The highest BCUT2D eigenvalue weighted by atomic mass is 32.2. The molecular weight excluding hydrogens is 386 g/mol. The van der Waals surface area contributed by atoms with Crippen LogP contribution in [0.3, 0.4) is 0 Å². The van der Waals surface area contributed by atoms with E-state index in [4.69, 9.17) is 4.52 Å². The monoisotopic (exact) mass is 403 g/mol. The van der Waals surface area contributed by atoms with Crippen LogP contribution < -0.4 is 4.72 Å². The number of thiophene rings is 1. The predicted octanol–water partition coefficient (Wildman–Crippen LogP) is 4.07. The molecule has 0 radical (unpaired) electrons. The number of hydrogen-bond acceptors (Lipinski definition) is 7. The molecule has 1 fully saturated rings. The van der Waals surface area contributed by atoms with Crippen molar-refractivity contribution >= 4 is 32.8 Å². The molecule has 9 heteroatoms. The molecule has 1 saturated carbocycles. The average molecular weight is 403 g/mol. The number of aromatic nitrogens is 2. The van der Waals surface area contributed by atoms with E-state index in [0.717, 1.165) is 24.2 Å². The van der Waals surface area contributed by atoms with E-state index < -0.39 is 10.0 Å². The van der Waals surface area contributed by atoms with Crippen molar-refractivity contribution in [3.8, 4) is 11.4 Å². The number of benzene rings is 1. The van der Waals surface area contributed by atoms with Crippen LogP contribution in [-0.2, 0) is 10.0 Å². The summed E-state index contributed by atoms with van der Waals surface area (Å²) >= 11 is 1.09. The average Bonchev–Trinajstić information content (AvgIpc) is 3.22. The van der Waals surface area contributed by atoms with Crippen molar-refractivity contribution in [3.63, 3.8) is 0 Å². The quantitative estimate of drug-likeness (QED) is 0.623. The molecule has 2 aromatic heterocycles. The Kier molecular flexibility index (Phi) is 4.56. The van der Waals surface area contributed by atoms with Gasteiger partial charge in [-0.1, -0.05) is 11.6 Å². The molecule has 140 valence electrons. The molecular formula is C18H17N3O4S2. The zero-order valence-corrected chi connectivity index (χ0v) is 16.1. The first-order chi connectivity index (χ1) is 12.9. The van der Waals surface area contributed by atoms with Gasteiger partial charge in [0, 0.05) is 28.1 Å². The molecule has 1 aliphatic carbocycles. The van der Waals surface area contributed by atoms with Crippen molar-refractivity contribution in [2.75, 3.05) is 4.72 Å². The van der Waals surface area contributed by atoms with Gasteiger partial charge in [-0.25, -0.2) is 8.42 Å². The van der Waals surface area contributed by atoms with Crippen molar-refractivity contribution < 1.29 is 17.7 Å². The molecule has 1 aromatic carbocycles. The summed E-state index contributed by atoms with van der Waals surface area (Å²) in [6.07, 6.45) is 3.27. The molecule has 1 N–H and O–H groups in total. The first-order valence-electron chi connectivity index (χ1n) is 8.49. The molecule has 0 unspecified atom stereocenters. The summed E-state index contributed by atoms with van der Waals surface area (Å²) in [6.45, 7) is 1.46. The van der Waals surface area contributed by atoms with Gasteiger partial charge in [0.05, 0.1) is 0 Å². The number of nitrogens with zero attached hydrogens (tertiary/aromatic N) is 2. The lowest BCUT2D eigenvalue weighted by atomic mass is 9.85. The van der Waals surface area contributed by atoms with Crippen molar-refractivity contribution in [2.24, 2.45) is 0 Å². The number of anilines is 1. The summed E-state index contributed by atoms with van der Waals surface area (Å²) in [7, 11) is -3.74. The Labute approximate surface area is 160 Å². The summed E-state index contributed by atoms with van der Waals surface area (Å²) in [4.78, 5) is 15.7. The maximum Gasteiger partial charge on any atom is 0.271 e. The minimum Gasteiger partial charge on any atom is -0.339 e. The predicted molar refractivity (Wildman–Crippen MR) is 101 cm³/mol. The van der Waals surface area contributed by atoms with Crippen molar-refractivity contribution in [2.45, 2.75) is 36.3 Å². The molecule has 1 aliphatic rings. The minimum atomic E-state index is -3.74. The van der Waals surface area contributed by atoms with E-state index >= 15 is 0 Å². The molecule has 2 heterocycles. The highest BCUT2D eigenvalue weighted by molar-refractivity contribution is 7.94. The molecule has 3 aromatic rings. The van der Waals surface area contributed by atoms with Gasteiger partial charge in [0.1, 0.15) is 4.21 Å². The van der Waals surface area contributed by atoms with Crippen LogP contribution in [0.1, 0.15) is 48.4 Å². The second-order valence-electron chi connectivity index (χ2n) is 6.48. The van der Waals surface area contributed by atoms with Crippen LogP contribution in [0.2, 0.25) is 0 Å². The Balaban J connectivity index is 1.52. The van der Waals surface area contributed by atoms with Gasteiger partial charge in [-0.05, 0) is 50.1 Å². The number of rotatable bonds is 6. The lowest BCUT2D eigenvalue weighted by Gasteiger charge is -2.20. The molecule has 0 saturated heterocycles. The molecule has 4 rings (SSSR count). The fourth-order valence-corrected chi connectivity index (χ4v) is 4.94. The maximum absolute atomic E-state index is 12.6. The van der Waals surface area contributed by atoms with Crippen LogP contribution in [0.5, 0.6) is 0 Å². The number of carbonyl (C=O) groups excluding carboxylic acids is 1. The van der Waals surface area contributed by atoms with Gasteiger partial charge in [-0.2, -0.15) is 4.98 Å². The smallest absolute Gasteiger partial charge is 0.271 e. The Bertz CT molecular complexity index is 1080. The van der Waals surface area contributed by atoms with E-state index in [-0.39, 0.29) is 9.99 Å². The van der Waals surface area contributed by atoms with E-state index in [1.165, 1.54) is 19.4 Å². The lowest BCUT2D eigenvalue weighted by molar-refractivity contribution is 0.101. The summed E-state index contributed by atoms with van der Waals surface area (Å²) < 4.78 is 33.2. The molecule has 0 atom stereocenters. The third kappa shape index (κ3) is 3.65. The molecule has 7 nitrogen and oxygen atoms in total. The zero-order chi connectivity index (χ0) is 19.0. The Morgan fingerprint density at radius 2 is 2.00 bits per heavy atom. The third-order valence-electron chi connectivity index (χ3n) is 4.54. The van der Waals surface area contributed by atoms with Gasteiger partial charge in [-0.3, -0.25) is 9.52 Å². The second kappa shape index (κ2) is 6.90. The number of carbonyl (C=O) groups is 1. The first-order valence-corrected chi connectivity index (χ1v) is 10.8. The first kappa shape index (κ1) is 17.9.